The minimum absolute atomic E-state index is 0.0402. The topological polar surface area (TPSA) is 96.5 Å². The van der Waals surface area contributed by atoms with Crippen LogP contribution in [0.1, 0.15) is 34.9 Å². The Morgan fingerprint density at radius 1 is 1.07 bits per heavy atom. The van der Waals surface area contributed by atoms with Gasteiger partial charge in [0.05, 0.1) is 13.2 Å². The van der Waals surface area contributed by atoms with Gasteiger partial charge in [-0.2, -0.15) is 4.98 Å². The molecule has 1 N–H and O–H groups in total. The van der Waals surface area contributed by atoms with E-state index >= 15 is 0 Å². The van der Waals surface area contributed by atoms with Gasteiger partial charge in [-0.25, -0.2) is 0 Å². The predicted molar refractivity (Wildman–Crippen MR) is 110 cm³/mol. The van der Waals surface area contributed by atoms with Gasteiger partial charge in [-0.3, -0.25) is 9.59 Å². The molecular formula is C23H23N3O4. The molecule has 0 radical (unpaired) electrons. The normalized spacial score (nSPS) is 16.2. The Kier molecular flexibility index (Phi) is 5.99. The molecule has 1 saturated heterocycles. The first-order chi connectivity index (χ1) is 14.6. The van der Waals surface area contributed by atoms with Crippen molar-refractivity contribution in [2.75, 3.05) is 13.2 Å². The minimum atomic E-state index is -0.188. The van der Waals surface area contributed by atoms with Crippen LogP contribution in [0.25, 0.3) is 11.1 Å². The number of hydrogen-bond acceptors (Lipinski definition) is 6. The largest absolute Gasteiger partial charge is 0.396 e. The minimum Gasteiger partial charge on any atom is -0.396 e. The second kappa shape index (κ2) is 9.00. The smallest absolute Gasteiger partial charge is 0.254 e. The molecule has 0 bridgehead atoms. The van der Waals surface area contributed by atoms with Crippen molar-refractivity contribution in [1.82, 2.24) is 15.0 Å². The van der Waals surface area contributed by atoms with Crippen LogP contribution in [0.3, 0.4) is 0 Å². The average Bonchev–Trinajstić information content (AvgIpc) is 3.38. The maximum Gasteiger partial charge on any atom is 0.254 e. The molecular weight excluding hydrogens is 382 g/mol. The molecule has 4 rings (SSSR count). The number of carbonyl (C=O) groups is 2. The number of aryl methyl sites for hydroxylation is 1. The average molecular weight is 405 g/mol. The van der Waals surface area contributed by atoms with Crippen LogP contribution in [-0.2, 0) is 17.6 Å². The second-order valence-electron chi connectivity index (χ2n) is 7.39. The first kappa shape index (κ1) is 20.0. The summed E-state index contributed by atoms with van der Waals surface area (Å²) in [5, 5.41) is 12.8. The van der Waals surface area contributed by atoms with Gasteiger partial charge in [0.25, 0.3) is 5.91 Å². The number of benzene rings is 2. The quantitative estimate of drug-likeness (QED) is 0.649. The zero-order valence-electron chi connectivity index (χ0n) is 16.5. The highest BCUT2D eigenvalue weighted by Gasteiger charge is 2.34. The molecule has 1 unspecified atom stereocenters. The van der Waals surface area contributed by atoms with Gasteiger partial charge in [0.2, 0.25) is 5.89 Å². The third-order valence-electron chi connectivity index (χ3n) is 5.29. The van der Waals surface area contributed by atoms with E-state index in [0.29, 0.717) is 43.0 Å². The molecule has 7 heteroatoms. The maximum atomic E-state index is 13.0. The molecule has 2 aromatic carbocycles. The number of nitrogens with zero attached hydrogens (tertiary/aromatic N) is 3. The third-order valence-corrected chi connectivity index (χ3v) is 5.29. The molecule has 0 aliphatic carbocycles. The van der Waals surface area contributed by atoms with Gasteiger partial charge in [0.1, 0.15) is 0 Å². The number of rotatable bonds is 7. The third kappa shape index (κ3) is 4.46. The summed E-state index contributed by atoms with van der Waals surface area (Å²) in [6.07, 6.45) is 1.73. The van der Waals surface area contributed by atoms with Crippen molar-refractivity contribution in [2.24, 2.45) is 0 Å². The van der Waals surface area contributed by atoms with Crippen LogP contribution in [0, 0.1) is 0 Å². The van der Waals surface area contributed by atoms with Crippen molar-refractivity contribution in [2.45, 2.75) is 31.7 Å². The summed E-state index contributed by atoms with van der Waals surface area (Å²) in [4.78, 5) is 31.0. The molecule has 7 nitrogen and oxygen atoms in total. The van der Waals surface area contributed by atoms with Gasteiger partial charge >= 0.3 is 0 Å². The van der Waals surface area contributed by atoms with E-state index in [1.165, 1.54) is 0 Å². The lowest BCUT2D eigenvalue weighted by atomic mass is 10.0. The summed E-state index contributed by atoms with van der Waals surface area (Å²) >= 11 is 0. The Balaban J connectivity index is 1.43. The summed E-state index contributed by atoms with van der Waals surface area (Å²) < 4.78 is 5.18. The Morgan fingerprint density at radius 2 is 1.80 bits per heavy atom. The SMILES string of the molecule is O=C1CC(CCc2nc(CCO)no2)N(C(=O)c2ccc(-c3ccccc3)cc2)C1. The van der Waals surface area contributed by atoms with E-state index in [4.69, 9.17) is 9.63 Å². The zero-order valence-corrected chi connectivity index (χ0v) is 16.5. The summed E-state index contributed by atoms with van der Waals surface area (Å²) in [5.74, 6) is 0.830. The van der Waals surface area contributed by atoms with Crippen LogP contribution >= 0.6 is 0 Å². The highest BCUT2D eigenvalue weighted by molar-refractivity contribution is 5.99. The van der Waals surface area contributed by atoms with Gasteiger partial charge < -0.3 is 14.5 Å². The number of aliphatic hydroxyl groups is 1. The molecule has 1 aromatic heterocycles. The van der Waals surface area contributed by atoms with Crippen LogP contribution in [0.5, 0.6) is 0 Å². The molecule has 154 valence electrons. The fraction of sp³-hybridized carbons (Fsp3) is 0.304. The standard InChI is InChI=1S/C23H23N3O4/c27-13-12-21-24-22(30-25-21)11-10-19-14-20(28)15-26(19)23(29)18-8-6-17(7-9-18)16-4-2-1-3-5-16/h1-9,19,27H,10-15H2. The van der Waals surface area contributed by atoms with Crippen molar-refractivity contribution < 1.29 is 19.2 Å². The highest BCUT2D eigenvalue weighted by Crippen LogP contribution is 2.24. The number of likely N-dealkylation sites (tertiary alicyclic amines) is 1. The van der Waals surface area contributed by atoms with Gasteiger partial charge in [-0.1, -0.05) is 47.6 Å². The lowest BCUT2D eigenvalue weighted by molar-refractivity contribution is -0.116. The maximum absolute atomic E-state index is 13.0. The number of amides is 1. The van der Waals surface area contributed by atoms with E-state index < -0.39 is 0 Å². The number of aromatic nitrogens is 2. The molecule has 1 aliphatic heterocycles. The van der Waals surface area contributed by atoms with Crippen LogP contribution in [-0.4, -0.2) is 51.0 Å². The molecule has 1 aliphatic rings. The molecule has 1 amide bonds. The summed E-state index contributed by atoms with van der Waals surface area (Å²) in [7, 11) is 0. The fourth-order valence-corrected chi connectivity index (χ4v) is 3.74. The summed E-state index contributed by atoms with van der Waals surface area (Å²) in [5.41, 5.74) is 2.69. The molecule has 1 atom stereocenters. The first-order valence-corrected chi connectivity index (χ1v) is 10.0. The number of carbonyl (C=O) groups excluding carboxylic acids is 2. The predicted octanol–water partition coefficient (Wildman–Crippen LogP) is 2.69. The van der Waals surface area contributed by atoms with Crippen molar-refractivity contribution in [3.63, 3.8) is 0 Å². The van der Waals surface area contributed by atoms with Crippen LogP contribution < -0.4 is 0 Å². The number of aliphatic hydroxyl groups excluding tert-OH is 1. The Labute approximate surface area is 174 Å². The van der Waals surface area contributed by atoms with Crippen LogP contribution in [0.4, 0.5) is 0 Å². The van der Waals surface area contributed by atoms with E-state index in [2.05, 4.69) is 10.1 Å². The van der Waals surface area contributed by atoms with Gasteiger partial charge in [-0.05, 0) is 29.7 Å². The molecule has 30 heavy (non-hydrogen) atoms. The highest BCUT2D eigenvalue weighted by atomic mass is 16.5. The molecule has 2 heterocycles. The Morgan fingerprint density at radius 3 is 2.53 bits per heavy atom. The molecule has 3 aromatic rings. The first-order valence-electron chi connectivity index (χ1n) is 10.0. The fourth-order valence-electron chi connectivity index (χ4n) is 3.74. The van der Waals surface area contributed by atoms with Crippen molar-refractivity contribution in [3.8, 4) is 11.1 Å². The van der Waals surface area contributed by atoms with Crippen LogP contribution in [0.2, 0.25) is 0 Å². The Hall–Kier alpha value is -3.32. The second-order valence-corrected chi connectivity index (χ2v) is 7.39. The van der Waals surface area contributed by atoms with E-state index in [1.807, 2.05) is 54.6 Å². The van der Waals surface area contributed by atoms with Gasteiger partial charge in [0, 0.05) is 30.9 Å². The molecule has 1 fully saturated rings. The van der Waals surface area contributed by atoms with Gasteiger partial charge in [-0.15, -0.1) is 0 Å². The lowest BCUT2D eigenvalue weighted by Crippen LogP contribution is -2.36. The van der Waals surface area contributed by atoms with E-state index in [-0.39, 0.29) is 30.9 Å². The van der Waals surface area contributed by atoms with Crippen molar-refractivity contribution >= 4 is 11.7 Å². The summed E-state index contributed by atoms with van der Waals surface area (Å²) in [6, 6.07) is 17.3. The number of Topliss-reactive ketones (excluding diaryl/α,β-unsaturated/α-hetero) is 1. The Bertz CT molecular complexity index is 1010. The van der Waals surface area contributed by atoms with E-state index in [9.17, 15) is 9.59 Å². The van der Waals surface area contributed by atoms with Crippen molar-refractivity contribution in [3.05, 3.63) is 71.9 Å². The van der Waals surface area contributed by atoms with Gasteiger partial charge in [0.15, 0.2) is 11.6 Å². The van der Waals surface area contributed by atoms with Crippen molar-refractivity contribution in [1.29, 1.82) is 0 Å². The zero-order chi connectivity index (χ0) is 20.9. The monoisotopic (exact) mass is 405 g/mol. The van der Waals surface area contributed by atoms with E-state index in [1.54, 1.807) is 4.90 Å². The van der Waals surface area contributed by atoms with Crippen LogP contribution in [0.15, 0.2) is 59.1 Å². The summed E-state index contributed by atoms with van der Waals surface area (Å²) in [6.45, 7) is 0.0883. The number of ketones is 1. The van der Waals surface area contributed by atoms with E-state index in [0.717, 1.165) is 11.1 Å². The number of hydrogen-bond donors (Lipinski definition) is 1. The molecule has 0 spiro atoms. The lowest BCUT2D eigenvalue weighted by Gasteiger charge is -2.23. The molecule has 0 saturated carbocycles.